The molecule has 0 aromatic carbocycles. The van der Waals surface area contributed by atoms with Gasteiger partial charge in [0.15, 0.2) is 0 Å². The van der Waals surface area contributed by atoms with Crippen LogP contribution in [0.4, 0.5) is 4.79 Å². The van der Waals surface area contributed by atoms with Gasteiger partial charge in [-0.05, 0) is 35.0 Å². The third-order valence-electron chi connectivity index (χ3n) is 2.15. The van der Waals surface area contributed by atoms with Gasteiger partial charge in [0.1, 0.15) is 5.70 Å². The van der Waals surface area contributed by atoms with Crippen molar-refractivity contribution < 1.29 is 9.59 Å². The van der Waals surface area contributed by atoms with Crippen LogP contribution >= 0.6 is 27.3 Å². The van der Waals surface area contributed by atoms with Crippen LogP contribution in [-0.2, 0) is 4.79 Å². The van der Waals surface area contributed by atoms with Crippen molar-refractivity contribution in [3.8, 4) is 0 Å². The number of nitrogens with zero attached hydrogens (tertiary/aromatic N) is 1. The molecular formula is C10H9BrN2O2S. The van der Waals surface area contributed by atoms with Gasteiger partial charge in [0, 0.05) is 21.3 Å². The Hall–Kier alpha value is -1.14. The first-order valence-electron chi connectivity index (χ1n) is 4.70. The lowest BCUT2D eigenvalue weighted by Gasteiger charge is -2.05. The molecule has 2 rings (SSSR count). The second-order valence-corrected chi connectivity index (χ2v) is 5.06. The van der Waals surface area contributed by atoms with Crippen LogP contribution < -0.4 is 5.32 Å². The highest BCUT2D eigenvalue weighted by atomic mass is 79.9. The van der Waals surface area contributed by atoms with Crippen LogP contribution in [0.1, 0.15) is 11.8 Å². The third-order valence-corrected chi connectivity index (χ3v) is 3.79. The molecule has 0 spiro atoms. The van der Waals surface area contributed by atoms with Crippen LogP contribution in [0.3, 0.4) is 0 Å². The monoisotopic (exact) mass is 300 g/mol. The predicted molar refractivity (Wildman–Crippen MR) is 65.9 cm³/mol. The summed E-state index contributed by atoms with van der Waals surface area (Å²) in [5, 5.41) is 4.47. The molecule has 0 atom stereocenters. The van der Waals surface area contributed by atoms with Crippen LogP contribution in [0.15, 0.2) is 21.6 Å². The summed E-state index contributed by atoms with van der Waals surface area (Å²) >= 11 is 4.84. The summed E-state index contributed by atoms with van der Waals surface area (Å²) < 4.78 is 0.966. The van der Waals surface area contributed by atoms with Gasteiger partial charge in [-0.25, -0.2) is 4.79 Å². The molecule has 4 nitrogen and oxygen atoms in total. The maximum atomic E-state index is 11.7. The Morgan fingerprint density at radius 1 is 1.56 bits per heavy atom. The van der Waals surface area contributed by atoms with Gasteiger partial charge in [-0.3, -0.25) is 9.69 Å². The molecule has 84 valence electrons. The first-order valence-corrected chi connectivity index (χ1v) is 6.37. The number of likely N-dealkylation sites (N-methyl/N-ethyl adjacent to an activating group) is 1. The number of carbonyl (C=O) groups excluding carboxylic acids is 2. The highest BCUT2D eigenvalue weighted by Crippen LogP contribution is 2.23. The summed E-state index contributed by atoms with van der Waals surface area (Å²) in [5.41, 5.74) is 0.334. The van der Waals surface area contributed by atoms with E-state index in [1.165, 1.54) is 16.2 Å². The Balaban J connectivity index is 2.27. The zero-order chi connectivity index (χ0) is 11.7. The highest BCUT2D eigenvalue weighted by molar-refractivity contribution is 9.10. The molecule has 1 aromatic heterocycles. The Morgan fingerprint density at radius 2 is 2.31 bits per heavy atom. The number of halogens is 1. The van der Waals surface area contributed by atoms with Crippen molar-refractivity contribution in [1.82, 2.24) is 10.2 Å². The lowest BCUT2D eigenvalue weighted by atomic mass is 10.3. The van der Waals surface area contributed by atoms with Crippen molar-refractivity contribution in [2.75, 3.05) is 6.54 Å². The van der Waals surface area contributed by atoms with E-state index >= 15 is 0 Å². The lowest BCUT2D eigenvalue weighted by Crippen LogP contribution is -2.30. The van der Waals surface area contributed by atoms with Gasteiger partial charge in [0.2, 0.25) is 0 Å². The first kappa shape index (κ1) is 11.3. The summed E-state index contributed by atoms with van der Waals surface area (Å²) in [6, 6.07) is 1.54. The van der Waals surface area contributed by atoms with Gasteiger partial charge in [-0.2, -0.15) is 0 Å². The molecule has 1 fully saturated rings. The molecule has 1 aliphatic heterocycles. The minimum Gasteiger partial charge on any atom is -0.303 e. The molecule has 3 amide bonds. The number of urea groups is 1. The number of amides is 3. The molecule has 0 bridgehead atoms. The van der Waals surface area contributed by atoms with E-state index in [-0.39, 0.29) is 11.9 Å². The van der Waals surface area contributed by atoms with Crippen molar-refractivity contribution in [3.05, 3.63) is 26.5 Å². The van der Waals surface area contributed by atoms with E-state index in [1.807, 2.05) is 11.4 Å². The van der Waals surface area contributed by atoms with E-state index in [4.69, 9.17) is 0 Å². The van der Waals surface area contributed by atoms with Crippen molar-refractivity contribution >= 4 is 45.3 Å². The highest BCUT2D eigenvalue weighted by Gasteiger charge is 2.31. The molecule has 0 unspecified atom stereocenters. The fraction of sp³-hybridized carbons (Fsp3) is 0.200. The summed E-state index contributed by atoms with van der Waals surface area (Å²) in [4.78, 5) is 25.2. The van der Waals surface area contributed by atoms with Crippen LogP contribution in [0.2, 0.25) is 0 Å². The molecular weight excluding hydrogens is 292 g/mol. The van der Waals surface area contributed by atoms with E-state index in [0.29, 0.717) is 12.2 Å². The molecule has 2 heterocycles. The minimum absolute atomic E-state index is 0.267. The van der Waals surface area contributed by atoms with E-state index < -0.39 is 0 Å². The Morgan fingerprint density at radius 3 is 2.81 bits per heavy atom. The smallest absolute Gasteiger partial charge is 0.303 e. The summed E-state index contributed by atoms with van der Waals surface area (Å²) in [7, 11) is 0. The van der Waals surface area contributed by atoms with Crippen LogP contribution in [0, 0.1) is 0 Å². The van der Waals surface area contributed by atoms with Crippen molar-refractivity contribution in [3.63, 3.8) is 0 Å². The quantitative estimate of drug-likeness (QED) is 0.673. The second-order valence-electron chi connectivity index (χ2n) is 3.20. The van der Waals surface area contributed by atoms with Crippen molar-refractivity contribution in [1.29, 1.82) is 0 Å². The average Bonchev–Trinajstić information content (AvgIpc) is 2.74. The van der Waals surface area contributed by atoms with E-state index in [9.17, 15) is 9.59 Å². The van der Waals surface area contributed by atoms with Gasteiger partial charge in [0.25, 0.3) is 5.91 Å². The number of nitrogens with one attached hydrogen (secondary N) is 1. The van der Waals surface area contributed by atoms with Crippen LogP contribution in [0.25, 0.3) is 6.08 Å². The molecule has 6 heteroatoms. The number of imide groups is 1. The normalized spacial score (nSPS) is 18.4. The van der Waals surface area contributed by atoms with E-state index in [1.54, 1.807) is 13.0 Å². The number of hydrogen-bond donors (Lipinski definition) is 1. The van der Waals surface area contributed by atoms with Gasteiger partial charge in [0.05, 0.1) is 0 Å². The zero-order valence-electron chi connectivity index (χ0n) is 8.49. The van der Waals surface area contributed by atoms with Gasteiger partial charge in [-0.15, -0.1) is 11.3 Å². The topological polar surface area (TPSA) is 49.4 Å². The second kappa shape index (κ2) is 4.39. The van der Waals surface area contributed by atoms with Crippen molar-refractivity contribution in [2.45, 2.75) is 6.92 Å². The fourth-order valence-electron chi connectivity index (χ4n) is 1.41. The average molecular weight is 301 g/mol. The number of hydrogen-bond acceptors (Lipinski definition) is 3. The summed E-state index contributed by atoms with van der Waals surface area (Å²) in [5.74, 6) is -0.267. The molecule has 0 radical (unpaired) electrons. The third kappa shape index (κ3) is 2.03. The van der Waals surface area contributed by atoms with E-state index in [0.717, 1.165) is 9.35 Å². The number of rotatable bonds is 2. The standard InChI is InChI=1S/C10H9BrN2O2S/c1-2-13-9(14)8(12-10(13)15)4-7-3-6(11)5-16-7/h3-5H,2H2,1H3,(H,12,15)/b8-4+. The summed E-state index contributed by atoms with van der Waals surface area (Å²) in [6.45, 7) is 2.15. The largest absolute Gasteiger partial charge is 0.328 e. The van der Waals surface area contributed by atoms with Crippen molar-refractivity contribution in [2.24, 2.45) is 0 Å². The molecule has 0 aliphatic carbocycles. The summed E-state index contributed by atoms with van der Waals surface area (Å²) in [6.07, 6.45) is 1.69. The van der Waals surface area contributed by atoms with Crippen LogP contribution in [0.5, 0.6) is 0 Å². The maximum Gasteiger partial charge on any atom is 0.328 e. The van der Waals surface area contributed by atoms with Gasteiger partial charge in [-0.1, -0.05) is 0 Å². The molecule has 0 saturated carbocycles. The fourth-order valence-corrected chi connectivity index (χ4v) is 2.78. The van der Waals surface area contributed by atoms with Gasteiger partial charge < -0.3 is 5.32 Å². The van der Waals surface area contributed by atoms with E-state index in [2.05, 4.69) is 21.2 Å². The van der Waals surface area contributed by atoms with Gasteiger partial charge >= 0.3 is 6.03 Å². The Labute approximate surface area is 105 Å². The molecule has 1 aliphatic rings. The first-order chi connectivity index (χ1) is 7.61. The molecule has 1 aromatic rings. The van der Waals surface area contributed by atoms with Crippen LogP contribution in [-0.4, -0.2) is 23.4 Å². The number of thiophene rings is 1. The SMILES string of the molecule is CCN1C(=O)N/C(=C/c2cc(Br)cs2)C1=O. The lowest BCUT2D eigenvalue weighted by molar-refractivity contribution is -0.122. The predicted octanol–water partition coefficient (Wildman–Crippen LogP) is 2.42. The zero-order valence-corrected chi connectivity index (χ0v) is 10.9. The maximum absolute atomic E-state index is 11.7. The Bertz CT molecular complexity index is 481. The molecule has 1 N–H and O–H groups in total. The minimum atomic E-state index is -0.352. The Kier molecular flexibility index (Phi) is 3.11. The molecule has 1 saturated heterocycles. The molecule has 16 heavy (non-hydrogen) atoms. The number of carbonyl (C=O) groups is 2.